The minimum Gasteiger partial charge on any atom is -0.271 e. The molecule has 0 bridgehead atoms. The van der Waals surface area contributed by atoms with Crippen molar-refractivity contribution >= 4 is 28.1 Å². The zero-order valence-electron chi connectivity index (χ0n) is 12.0. The zero-order valence-corrected chi connectivity index (χ0v) is 13.6. The SMILES string of the molecule is Cc1nn(C)c(F)c1C=NNC(=O)c1nn(C)c(C)c1Br. The molecule has 0 aliphatic rings. The molecular formula is C12H14BrFN6O. The molecule has 112 valence electrons. The molecule has 0 aromatic carbocycles. The number of hydrogen-bond donors (Lipinski definition) is 1. The molecule has 7 nitrogen and oxygen atoms in total. The number of carbonyl (C=O) groups is 1. The lowest BCUT2D eigenvalue weighted by molar-refractivity contribution is 0.0948. The van der Waals surface area contributed by atoms with Gasteiger partial charge in [0, 0.05) is 14.1 Å². The van der Waals surface area contributed by atoms with Gasteiger partial charge in [-0.1, -0.05) is 0 Å². The molecule has 0 radical (unpaired) electrons. The topological polar surface area (TPSA) is 77.1 Å². The standard InChI is InChI=1S/C12H14BrFN6O/c1-6-8(11(14)20(4)17-6)5-15-16-12(21)10-9(13)7(2)19(3)18-10/h5H,1-4H3,(H,16,21). The second-order valence-corrected chi connectivity index (χ2v) is 5.28. The Kier molecular flexibility index (Phi) is 4.21. The number of carbonyl (C=O) groups excluding carboxylic acids is 1. The smallest absolute Gasteiger partial charge is 0.271 e. The summed E-state index contributed by atoms with van der Waals surface area (Å²) < 4.78 is 16.9. The van der Waals surface area contributed by atoms with Crippen LogP contribution in [0.15, 0.2) is 9.57 Å². The molecule has 0 spiro atoms. The Balaban J connectivity index is 2.14. The fraction of sp³-hybridized carbons (Fsp3) is 0.333. The van der Waals surface area contributed by atoms with Crippen LogP contribution in [0.25, 0.3) is 0 Å². The summed E-state index contributed by atoms with van der Waals surface area (Å²) in [5.41, 5.74) is 4.07. The molecule has 0 unspecified atom stereocenters. The highest BCUT2D eigenvalue weighted by Gasteiger charge is 2.17. The van der Waals surface area contributed by atoms with Crippen LogP contribution in [0.4, 0.5) is 4.39 Å². The van der Waals surface area contributed by atoms with E-state index in [2.05, 4.69) is 36.7 Å². The summed E-state index contributed by atoms with van der Waals surface area (Å²) in [4.78, 5) is 12.0. The van der Waals surface area contributed by atoms with Crippen LogP contribution in [0.1, 0.15) is 27.4 Å². The van der Waals surface area contributed by atoms with Gasteiger partial charge in [-0.25, -0.2) is 10.1 Å². The van der Waals surface area contributed by atoms with Gasteiger partial charge in [0.15, 0.2) is 5.69 Å². The maximum atomic E-state index is 13.7. The highest BCUT2D eigenvalue weighted by Crippen LogP contribution is 2.19. The zero-order chi connectivity index (χ0) is 15.7. The molecule has 1 amide bonds. The van der Waals surface area contributed by atoms with Gasteiger partial charge < -0.3 is 0 Å². The first-order chi connectivity index (χ1) is 9.82. The van der Waals surface area contributed by atoms with Crippen LogP contribution < -0.4 is 5.43 Å². The molecular weight excluding hydrogens is 343 g/mol. The van der Waals surface area contributed by atoms with Gasteiger partial charge in [0.05, 0.1) is 27.6 Å². The number of nitrogens with one attached hydrogen (secondary N) is 1. The molecule has 2 rings (SSSR count). The molecule has 2 aromatic heterocycles. The number of hydrogen-bond acceptors (Lipinski definition) is 4. The van der Waals surface area contributed by atoms with Crippen LogP contribution in [0.2, 0.25) is 0 Å². The number of aromatic nitrogens is 4. The summed E-state index contributed by atoms with van der Waals surface area (Å²) in [6.07, 6.45) is 1.22. The number of rotatable bonds is 3. The normalized spacial score (nSPS) is 11.3. The Morgan fingerprint density at radius 3 is 2.48 bits per heavy atom. The molecule has 0 saturated carbocycles. The fourth-order valence-electron chi connectivity index (χ4n) is 1.73. The Labute approximate surface area is 129 Å². The maximum Gasteiger partial charge on any atom is 0.293 e. The predicted octanol–water partition coefficient (Wildman–Crippen LogP) is 1.44. The van der Waals surface area contributed by atoms with Gasteiger partial charge in [-0.15, -0.1) is 0 Å². The van der Waals surface area contributed by atoms with Gasteiger partial charge in [-0.05, 0) is 29.8 Å². The van der Waals surface area contributed by atoms with Crippen molar-refractivity contribution in [3.05, 3.63) is 33.1 Å². The van der Waals surface area contributed by atoms with E-state index in [1.54, 1.807) is 18.7 Å². The van der Waals surface area contributed by atoms with Gasteiger partial charge in [-0.3, -0.25) is 9.48 Å². The van der Waals surface area contributed by atoms with Crippen molar-refractivity contribution in [2.45, 2.75) is 13.8 Å². The van der Waals surface area contributed by atoms with Gasteiger partial charge >= 0.3 is 0 Å². The monoisotopic (exact) mass is 356 g/mol. The predicted molar refractivity (Wildman–Crippen MR) is 78.6 cm³/mol. The molecule has 0 fully saturated rings. The van der Waals surface area contributed by atoms with Crippen LogP contribution >= 0.6 is 15.9 Å². The Morgan fingerprint density at radius 1 is 1.33 bits per heavy atom. The van der Waals surface area contributed by atoms with Crippen molar-refractivity contribution in [3.63, 3.8) is 0 Å². The molecule has 21 heavy (non-hydrogen) atoms. The third-order valence-corrected chi connectivity index (χ3v) is 3.98. The molecule has 0 saturated heterocycles. The lowest BCUT2D eigenvalue weighted by Gasteiger charge is -1.96. The Morgan fingerprint density at radius 2 is 2.00 bits per heavy atom. The van der Waals surface area contributed by atoms with E-state index in [1.807, 2.05) is 6.92 Å². The second kappa shape index (κ2) is 5.76. The summed E-state index contributed by atoms with van der Waals surface area (Å²) in [5.74, 6) is -0.996. The molecule has 2 aromatic rings. The number of nitrogens with zero attached hydrogens (tertiary/aromatic N) is 5. The van der Waals surface area contributed by atoms with Crippen molar-refractivity contribution in [2.24, 2.45) is 19.2 Å². The first-order valence-electron chi connectivity index (χ1n) is 6.04. The van der Waals surface area contributed by atoms with E-state index in [1.165, 1.54) is 13.3 Å². The van der Waals surface area contributed by atoms with Gasteiger partial charge in [0.1, 0.15) is 0 Å². The van der Waals surface area contributed by atoms with E-state index >= 15 is 0 Å². The van der Waals surface area contributed by atoms with Crippen molar-refractivity contribution < 1.29 is 9.18 Å². The minimum absolute atomic E-state index is 0.218. The summed E-state index contributed by atoms with van der Waals surface area (Å²) in [6, 6.07) is 0. The summed E-state index contributed by atoms with van der Waals surface area (Å²) in [7, 11) is 3.22. The van der Waals surface area contributed by atoms with E-state index in [9.17, 15) is 9.18 Å². The highest BCUT2D eigenvalue weighted by atomic mass is 79.9. The second-order valence-electron chi connectivity index (χ2n) is 4.48. The van der Waals surface area contributed by atoms with E-state index in [0.717, 1.165) is 10.4 Å². The summed E-state index contributed by atoms with van der Waals surface area (Å²) in [6.45, 7) is 3.48. The van der Waals surface area contributed by atoms with Crippen LogP contribution in [0, 0.1) is 19.8 Å². The molecule has 1 N–H and O–H groups in total. The van der Waals surface area contributed by atoms with Crippen molar-refractivity contribution in [3.8, 4) is 0 Å². The van der Waals surface area contributed by atoms with Gasteiger partial charge in [0.2, 0.25) is 5.95 Å². The largest absolute Gasteiger partial charge is 0.293 e. The third kappa shape index (κ3) is 2.87. The van der Waals surface area contributed by atoms with Crippen LogP contribution in [0.3, 0.4) is 0 Å². The van der Waals surface area contributed by atoms with Crippen LogP contribution in [-0.4, -0.2) is 31.7 Å². The molecule has 2 heterocycles. The van der Waals surface area contributed by atoms with Gasteiger partial charge in [-0.2, -0.15) is 19.7 Å². The first kappa shape index (κ1) is 15.4. The van der Waals surface area contributed by atoms with E-state index in [4.69, 9.17) is 0 Å². The van der Waals surface area contributed by atoms with Crippen molar-refractivity contribution in [2.75, 3.05) is 0 Å². The lowest BCUT2D eigenvalue weighted by atomic mass is 10.3. The Bertz CT molecular complexity index is 733. The fourth-order valence-corrected chi connectivity index (χ4v) is 2.24. The average molecular weight is 357 g/mol. The molecule has 0 aliphatic carbocycles. The molecule has 0 aliphatic heterocycles. The number of aryl methyl sites for hydroxylation is 3. The van der Waals surface area contributed by atoms with Crippen molar-refractivity contribution in [1.29, 1.82) is 0 Å². The number of hydrazone groups is 1. The van der Waals surface area contributed by atoms with Crippen LogP contribution in [0.5, 0.6) is 0 Å². The summed E-state index contributed by atoms with van der Waals surface area (Å²) in [5, 5.41) is 11.7. The van der Waals surface area contributed by atoms with E-state index < -0.39 is 11.9 Å². The maximum absolute atomic E-state index is 13.7. The lowest BCUT2D eigenvalue weighted by Crippen LogP contribution is -2.19. The Hall–Kier alpha value is -2.03. The first-order valence-corrected chi connectivity index (χ1v) is 6.83. The molecule has 0 atom stereocenters. The minimum atomic E-state index is -0.514. The average Bonchev–Trinajstić information content (AvgIpc) is 2.83. The van der Waals surface area contributed by atoms with E-state index in [-0.39, 0.29) is 11.3 Å². The van der Waals surface area contributed by atoms with Gasteiger partial charge in [0.25, 0.3) is 5.91 Å². The van der Waals surface area contributed by atoms with Crippen molar-refractivity contribution in [1.82, 2.24) is 25.0 Å². The molecule has 9 heteroatoms. The third-order valence-electron chi connectivity index (χ3n) is 3.03. The number of amides is 1. The number of halogens is 2. The van der Waals surface area contributed by atoms with E-state index in [0.29, 0.717) is 10.2 Å². The summed E-state index contributed by atoms with van der Waals surface area (Å²) >= 11 is 3.30. The quantitative estimate of drug-likeness (QED) is 0.667. The van der Waals surface area contributed by atoms with Crippen LogP contribution in [-0.2, 0) is 14.1 Å². The highest BCUT2D eigenvalue weighted by molar-refractivity contribution is 9.10.